The molecular formula is C20H20N2O2S2. The minimum atomic E-state index is -0.106. The van der Waals surface area contributed by atoms with Gasteiger partial charge in [-0.1, -0.05) is 36.4 Å². The highest BCUT2D eigenvalue weighted by Crippen LogP contribution is 2.34. The molecule has 1 atom stereocenters. The lowest BCUT2D eigenvalue weighted by atomic mass is 9.99. The molecule has 2 heterocycles. The van der Waals surface area contributed by atoms with Crippen molar-refractivity contribution in [1.29, 1.82) is 0 Å². The van der Waals surface area contributed by atoms with Crippen LogP contribution in [0.25, 0.3) is 15.9 Å². The second kappa shape index (κ2) is 7.00. The molecule has 4 rings (SSSR count). The van der Waals surface area contributed by atoms with Gasteiger partial charge in [0.2, 0.25) is 0 Å². The monoisotopic (exact) mass is 384 g/mol. The molecule has 26 heavy (non-hydrogen) atoms. The molecule has 4 nitrogen and oxygen atoms in total. The van der Waals surface area contributed by atoms with E-state index in [9.17, 15) is 9.59 Å². The van der Waals surface area contributed by atoms with Crippen LogP contribution in [0.15, 0.2) is 40.3 Å². The van der Waals surface area contributed by atoms with Crippen molar-refractivity contribution in [2.75, 3.05) is 0 Å². The number of thioether (sulfide) groups is 1. The van der Waals surface area contributed by atoms with Crippen LogP contribution in [0.4, 0.5) is 0 Å². The summed E-state index contributed by atoms with van der Waals surface area (Å²) in [6, 6.07) is 9.58. The van der Waals surface area contributed by atoms with Gasteiger partial charge in [-0.05, 0) is 44.4 Å². The van der Waals surface area contributed by atoms with Crippen molar-refractivity contribution < 1.29 is 4.79 Å². The largest absolute Gasteiger partial charge is 0.298 e. The van der Waals surface area contributed by atoms with Crippen LogP contribution in [0.2, 0.25) is 0 Å². The SMILES string of the molecule is Cc1sc2nc(S[C@H]3CCCCC3=O)n(-c3ccccc3)c(=O)c2c1C. The first-order valence-electron chi connectivity index (χ1n) is 8.84. The summed E-state index contributed by atoms with van der Waals surface area (Å²) >= 11 is 3.00. The van der Waals surface area contributed by atoms with E-state index in [-0.39, 0.29) is 16.6 Å². The number of aryl methyl sites for hydroxylation is 2. The highest BCUT2D eigenvalue weighted by atomic mass is 32.2. The Morgan fingerprint density at radius 3 is 2.65 bits per heavy atom. The van der Waals surface area contributed by atoms with Gasteiger partial charge in [0.25, 0.3) is 5.56 Å². The molecule has 0 N–H and O–H groups in total. The number of ketones is 1. The van der Waals surface area contributed by atoms with Crippen LogP contribution in [-0.4, -0.2) is 20.6 Å². The first-order chi connectivity index (χ1) is 12.6. The Bertz CT molecular complexity index is 1040. The molecular weight excluding hydrogens is 364 g/mol. The third kappa shape index (κ3) is 3.01. The first-order valence-corrected chi connectivity index (χ1v) is 10.5. The highest BCUT2D eigenvalue weighted by molar-refractivity contribution is 8.00. The normalized spacial score (nSPS) is 17.8. The molecule has 1 saturated carbocycles. The average molecular weight is 385 g/mol. The average Bonchev–Trinajstić information content (AvgIpc) is 2.92. The molecule has 1 aliphatic carbocycles. The maximum atomic E-state index is 13.3. The zero-order chi connectivity index (χ0) is 18.3. The number of aromatic nitrogens is 2. The Morgan fingerprint density at radius 1 is 1.15 bits per heavy atom. The summed E-state index contributed by atoms with van der Waals surface area (Å²) in [6.45, 7) is 4.00. The second-order valence-electron chi connectivity index (χ2n) is 6.65. The van der Waals surface area contributed by atoms with E-state index in [0.717, 1.165) is 40.2 Å². The van der Waals surface area contributed by atoms with E-state index < -0.39 is 0 Å². The van der Waals surface area contributed by atoms with Crippen molar-refractivity contribution in [1.82, 2.24) is 9.55 Å². The highest BCUT2D eigenvalue weighted by Gasteiger charge is 2.26. The summed E-state index contributed by atoms with van der Waals surface area (Å²) in [6.07, 6.45) is 3.51. The molecule has 1 aromatic carbocycles. The number of hydrogen-bond donors (Lipinski definition) is 0. The van der Waals surface area contributed by atoms with Gasteiger partial charge in [0.15, 0.2) is 5.16 Å². The Balaban J connectivity index is 1.92. The van der Waals surface area contributed by atoms with Crippen molar-refractivity contribution in [3.05, 3.63) is 51.1 Å². The van der Waals surface area contributed by atoms with Gasteiger partial charge in [-0.15, -0.1) is 11.3 Å². The quantitative estimate of drug-likeness (QED) is 0.616. The number of Topliss-reactive ketones (excluding diaryl/α,β-unsaturated/α-hetero) is 1. The maximum Gasteiger partial charge on any atom is 0.267 e. The van der Waals surface area contributed by atoms with Crippen LogP contribution in [0.1, 0.15) is 36.1 Å². The molecule has 2 aromatic heterocycles. The Hall–Kier alpha value is -1.92. The first kappa shape index (κ1) is 17.5. The predicted molar refractivity (Wildman–Crippen MR) is 108 cm³/mol. The number of hydrogen-bond acceptors (Lipinski definition) is 5. The van der Waals surface area contributed by atoms with Crippen LogP contribution in [0.3, 0.4) is 0 Å². The molecule has 3 aromatic rings. The van der Waals surface area contributed by atoms with E-state index >= 15 is 0 Å². The zero-order valence-corrected chi connectivity index (χ0v) is 16.5. The fourth-order valence-electron chi connectivity index (χ4n) is 3.36. The molecule has 0 spiro atoms. The lowest BCUT2D eigenvalue weighted by Crippen LogP contribution is -2.26. The van der Waals surface area contributed by atoms with Crippen LogP contribution < -0.4 is 5.56 Å². The summed E-state index contributed by atoms with van der Waals surface area (Å²) in [5, 5.41) is 1.20. The number of rotatable bonds is 3. The van der Waals surface area contributed by atoms with Crippen molar-refractivity contribution in [2.45, 2.75) is 49.9 Å². The Morgan fingerprint density at radius 2 is 1.92 bits per heavy atom. The fraction of sp³-hybridized carbons (Fsp3) is 0.350. The molecule has 0 saturated heterocycles. The van der Waals surface area contributed by atoms with Crippen molar-refractivity contribution in [3.63, 3.8) is 0 Å². The Labute approximate surface area is 160 Å². The van der Waals surface area contributed by atoms with Gasteiger partial charge < -0.3 is 0 Å². The third-order valence-electron chi connectivity index (χ3n) is 4.93. The smallest absolute Gasteiger partial charge is 0.267 e. The number of fused-ring (bicyclic) bond motifs is 1. The molecule has 134 valence electrons. The van der Waals surface area contributed by atoms with Gasteiger partial charge in [-0.3, -0.25) is 14.2 Å². The van der Waals surface area contributed by atoms with Gasteiger partial charge in [-0.2, -0.15) is 0 Å². The molecule has 0 aliphatic heterocycles. The minimum Gasteiger partial charge on any atom is -0.298 e. The van der Waals surface area contributed by atoms with E-state index in [2.05, 4.69) is 0 Å². The molecule has 0 radical (unpaired) electrons. The number of nitrogens with zero attached hydrogens (tertiary/aromatic N) is 2. The number of carbonyl (C=O) groups is 1. The van der Waals surface area contributed by atoms with Gasteiger partial charge in [0.05, 0.1) is 16.3 Å². The van der Waals surface area contributed by atoms with Crippen LogP contribution in [-0.2, 0) is 4.79 Å². The summed E-state index contributed by atoms with van der Waals surface area (Å²) in [5.74, 6) is 0.272. The topological polar surface area (TPSA) is 52.0 Å². The van der Waals surface area contributed by atoms with E-state index in [0.29, 0.717) is 17.0 Å². The molecule has 0 amide bonds. The van der Waals surface area contributed by atoms with Crippen molar-refractivity contribution >= 4 is 39.1 Å². The van der Waals surface area contributed by atoms with E-state index in [1.807, 2.05) is 44.2 Å². The molecule has 0 bridgehead atoms. The lowest BCUT2D eigenvalue weighted by molar-refractivity contribution is -0.119. The van der Waals surface area contributed by atoms with E-state index in [1.54, 1.807) is 15.9 Å². The zero-order valence-electron chi connectivity index (χ0n) is 14.8. The number of thiophene rings is 1. The standard InChI is InChI=1S/C20H20N2O2S2/c1-12-13(2)25-18-17(12)19(24)22(14-8-4-3-5-9-14)20(21-18)26-16-11-7-6-10-15(16)23/h3-5,8-9,16H,6-7,10-11H2,1-2H3/t16-/m0/s1. The third-order valence-corrected chi connectivity index (χ3v) is 7.30. The molecule has 1 fully saturated rings. The molecule has 6 heteroatoms. The van der Waals surface area contributed by atoms with Crippen molar-refractivity contribution in [2.24, 2.45) is 0 Å². The number of benzene rings is 1. The maximum absolute atomic E-state index is 13.3. The summed E-state index contributed by atoms with van der Waals surface area (Å²) in [5.41, 5.74) is 1.74. The van der Waals surface area contributed by atoms with Crippen LogP contribution >= 0.6 is 23.1 Å². The molecule has 0 unspecified atom stereocenters. The van der Waals surface area contributed by atoms with E-state index in [4.69, 9.17) is 4.98 Å². The van der Waals surface area contributed by atoms with Gasteiger partial charge in [0.1, 0.15) is 10.6 Å². The summed E-state index contributed by atoms with van der Waals surface area (Å²) in [4.78, 5) is 32.4. The second-order valence-corrected chi connectivity index (χ2v) is 9.03. The summed E-state index contributed by atoms with van der Waals surface area (Å²) < 4.78 is 1.67. The van der Waals surface area contributed by atoms with E-state index in [1.165, 1.54) is 11.8 Å². The van der Waals surface area contributed by atoms with Gasteiger partial charge in [-0.25, -0.2) is 4.98 Å². The van der Waals surface area contributed by atoms with Crippen molar-refractivity contribution in [3.8, 4) is 5.69 Å². The minimum absolute atomic E-state index is 0.0474. The predicted octanol–water partition coefficient (Wildman–Crippen LogP) is 4.67. The van der Waals surface area contributed by atoms with Crippen LogP contribution in [0.5, 0.6) is 0 Å². The molecule has 1 aliphatic rings. The van der Waals surface area contributed by atoms with Crippen LogP contribution in [0, 0.1) is 13.8 Å². The Kier molecular flexibility index (Phi) is 4.71. The lowest BCUT2D eigenvalue weighted by Gasteiger charge is -2.21. The summed E-state index contributed by atoms with van der Waals surface area (Å²) in [7, 11) is 0. The number of para-hydroxylation sites is 1. The van der Waals surface area contributed by atoms with Gasteiger partial charge >= 0.3 is 0 Å². The van der Waals surface area contributed by atoms with Gasteiger partial charge in [0, 0.05) is 11.3 Å². The number of carbonyl (C=O) groups excluding carboxylic acids is 1. The fourth-order valence-corrected chi connectivity index (χ4v) is 5.67.